The number of aromatic nitrogens is 2. The summed E-state index contributed by atoms with van der Waals surface area (Å²) < 4.78 is 5.98. The fourth-order valence-corrected chi connectivity index (χ4v) is 0.814. The Morgan fingerprint density at radius 2 is 2.54 bits per heavy atom. The van der Waals surface area contributed by atoms with Crippen LogP contribution in [0.1, 0.15) is 0 Å². The van der Waals surface area contributed by atoms with Crippen LogP contribution in [0.4, 0.5) is 10.6 Å². The zero-order valence-corrected chi connectivity index (χ0v) is 7.15. The van der Waals surface area contributed by atoms with E-state index in [0.29, 0.717) is 0 Å². The van der Waals surface area contributed by atoms with Crippen molar-refractivity contribution in [1.82, 2.24) is 14.9 Å². The SMILES string of the molecule is CNC(=O)n1cnc(OCN)c1N. The molecule has 0 fully saturated rings. The van der Waals surface area contributed by atoms with Crippen molar-refractivity contribution >= 4 is 11.8 Å². The summed E-state index contributed by atoms with van der Waals surface area (Å²) in [5, 5.41) is 2.39. The second-order valence-electron chi connectivity index (χ2n) is 2.17. The molecule has 0 aliphatic carbocycles. The van der Waals surface area contributed by atoms with Crippen molar-refractivity contribution < 1.29 is 9.53 Å². The molecule has 0 saturated heterocycles. The molecule has 13 heavy (non-hydrogen) atoms. The summed E-state index contributed by atoms with van der Waals surface area (Å²) in [7, 11) is 1.49. The zero-order chi connectivity index (χ0) is 9.84. The average molecular weight is 185 g/mol. The first-order valence-electron chi connectivity index (χ1n) is 3.58. The van der Waals surface area contributed by atoms with Crippen molar-refractivity contribution in [3.63, 3.8) is 0 Å². The second-order valence-corrected chi connectivity index (χ2v) is 2.17. The number of carbonyl (C=O) groups excluding carboxylic acids is 1. The molecule has 1 aromatic rings. The van der Waals surface area contributed by atoms with Crippen molar-refractivity contribution in [3.8, 4) is 5.88 Å². The number of nitrogens with two attached hydrogens (primary N) is 2. The number of amides is 1. The molecule has 0 saturated carbocycles. The average Bonchev–Trinajstić information content (AvgIpc) is 2.48. The minimum atomic E-state index is -0.378. The molecular weight excluding hydrogens is 174 g/mol. The number of hydrogen-bond acceptors (Lipinski definition) is 5. The summed E-state index contributed by atoms with van der Waals surface area (Å²) in [5.74, 6) is 0.288. The van der Waals surface area contributed by atoms with Crippen LogP contribution in [-0.2, 0) is 0 Å². The third-order valence-electron chi connectivity index (χ3n) is 1.42. The van der Waals surface area contributed by atoms with Crippen LogP contribution in [0.3, 0.4) is 0 Å². The van der Waals surface area contributed by atoms with E-state index in [-0.39, 0.29) is 24.5 Å². The lowest BCUT2D eigenvalue weighted by Crippen LogP contribution is -2.25. The summed E-state index contributed by atoms with van der Waals surface area (Å²) in [5.41, 5.74) is 10.6. The van der Waals surface area contributed by atoms with Gasteiger partial charge < -0.3 is 15.8 Å². The molecule has 7 heteroatoms. The van der Waals surface area contributed by atoms with E-state index in [1.807, 2.05) is 0 Å². The van der Waals surface area contributed by atoms with Crippen molar-refractivity contribution in [3.05, 3.63) is 6.33 Å². The first kappa shape index (κ1) is 9.33. The monoisotopic (exact) mass is 185 g/mol. The van der Waals surface area contributed by atoms with E-state index in [2.05, 4.69) is 10.3 Å². The second kappa shape index (κ2) is 3.76. The fraction of sp³-hybridized carbons (Fsp3) is 0.333. The third kappa shape index (κ3) is 1.70. The quantitative estimate of drug-likeness (QED) is 0.509. The van der Waals surface area contributed by atoms with Gasteiger partial charge in [-0.2, -0.15) is 4.98 Å². The molecule has 0 spiro atoms. The first-order chi connectivity index (χ1) is 6.20. The number of carbonyl (C=O) groups is 1. The predicted octanol–water partition coefficient (Wildman–Crippen LogP) is -1.05. The molecule has 0 aromatic carbocycles. The Morgan fingerprint density at radius 1 is 1.85 bits per heavy atom. The number of ether oxygens (including phenoxy) is 1. The molecule has 0 aliphatic rings. The van der Waals surface area contributed by atoms with Gasteiger partial charge in [-0.3, -0.25) is 5.73 Å². The first-order valence-corrected chi connectivity index (χ1v) is 3.58. The van der Waals surface area contributed by atoms with Crippen LogP contribution in [0.25, 0.3) is 0 Å². The fourth-order valence-electron chi connectivity index (χ4n) is 0.814. The number of nitrogens with zero attached hydrogens (tertiary/aromatic N) is 2. The van der Waals surface area contributed by atoms with E-state index in [0.717, 1.165) is 4.57 Å². The van der Waals surface area contributed by atoms with Crippen molar-refractivity contribution in [2.45, 2.75) is 0 Å². The van der Waals surface area contributed by atoms with Gasteiger partial charge in [-0.15, -0.1) is 0 Å². The van der Waals surface area contributed by atoms with E-state index < -0.39 is 0 Å². The van der Waals surface area contributed by atoms with Gasteiger partial charge >= 0.3 is 6.03 Å². The molecule has 1 amide bonds. The topological polar surface area (TPSA) is 108 Å². The lowest BCUT2D eigenvalue weighted by molar-refractivity contribution is 0.244. The van der Waals surface area contributed by atoms with E-state index in [1.165, 1.54) is 13.4 Å². The molecule has 0 atom stereocenters. The summed E-state index contributed by atoms with van der Waals surface area (Å²) >= 11 is 0. The highest BCUT2D eigenvalue weighted by molar-refractivity contribution is 5.80. The number of anilines is 1. The van der Waals surface area contributed by atoms with Crippen LogP contribution < -0.4 is 21.5 Å². The predicted molar refractivity (Wildman–Crippen MR) is 46.2 cm³/mol. The van der Waals surface area contributed by atoms with E-state index >= 15 is 0 Å². The minimum absolute atomic E-state index is 0.0328. The molecule has 1 rings (SSSR count). The molecule has 7 nitrogen and oxygen atoms in total. The highest BCUT2D eigenvalue weighted by Gasteiger charge is 2.12. The number of imidazole rings is 1. The smallest absolute Gasteiger partial charge is 0.328 e. The molecule has 1 heterocycles. The summed E-state index contributed by atoms with van der Waals surface area (Å²) in [6.07, 6.45) is 1.26. The Kier molecular flexibility index (Phi) is 2.70. The molecule has 0 unspecified atom stereocenters. The molecular formula is C6H11N5O2. The largest absolute Gasteiger partial charge is 0.459 e. The Bertz CT molecular complexity index is 308. The molecule has 0 bridgehead atoms. The highest BCUT2D eigenvalue weighted by Crippen LogP contribution is 2.17. The molecule has 1 aromatic heterocycles. The Hall–Kier alpha value is -1.76. The standard InChI is InChI=1S/C6H11N5O2/c1-9-6(12)11-3-10-5(4(11)8)13-2-7/h3H,2,7-8H2,1H3,(H,9,12). The normalized spacial score (nSPS) is 9.69. The van der Waals surface area contributed by atoms with Crippen molar-refractivity contribution in [2.75, 3.05) is 19.5 Å². The van der Waals surface area contributed by atoms with Crippen LogP contribution in [0.15, 0.2) is 6.33 Å². The van der Waals surface area contributed by atoms with Gasteiger partial charge in [-0.25, -0.2) is 9.36 Å². The maximum absolute atomic E-state index is 11.1. The van der Waals surface area contributed by atoms with Crippen LogP contribution in [0.5, 0.6) is 5.88 Å². The summed E-state index contributed by atoms with van der Waals surface area (Å²) in [6.45, 7) is -0.0328. The van der Waals surface area contributed by atoms with Gasteiger partial charge in [0.2, 0.25) is 0 Å². The Morgan fingerprint density at radius 3 is 3.08 bits per heavy atom. The van der Waals surface area contributed by atoms with Gasteiger partial charge in [0.05, 0.1) is 0 Å². The molecule has 0 aliphatic heterocycles. The van der Waals surface area contributed by atoms with E-state index in [1.54, 1.807) is 0 Å². The van der Waals surface area contributed by atoms with Gasteiger partial charge in [0.1, 0.15) is 13.1 Å². The maximum atomic E-state index is 11.1. The van der Waals surface area contributed by atoms with Crippen LogP contribution in [0, 0.1) is 0 Å². The highest BCUT2D eigenvalue weighted by atomic mass is 16.5. The zero-order valence-electron chi connectivity index (χ0n) is 7.15. The summed E-state index contributed by atoms with van der Waals surface area (Å²) in [6, 6.07) is -0.378. The van der Waals surface area contributed by atoms with Gasteiger partial charge in [0.15, 0.2) is 5.82 Å². The van der Waals surface area contributed by atoms with Crippen LogP contribution >= 0.6 is 0 Å². The van der Waals surface area contributed by atoms with E-state index in [4.69, 9.17) is 16.2 Å². The third-order valence-corrected chi connectivity index (χ3v) is 1.42. The lowest BCUT2D eigenvalue weighted by Gasteiger charge is -2.02. The van der Waals surface area contributed by atoms with Crippen molar-refractivity contribution in [2.24, 2.45) is 5.73 Å². The van der Waals surface area contributed by atoms with Crippen LogP contribution in [-0.4, -0.2) is 29.4 Å². The van der Waals surface area contributed by atoms with Gasteiger partial charge in [0, 0.05) is 7.05 Å². The minimum Gasteiger partial charge on any atom is -0.459 e. The lowest BCUT2D eigenvalue weighted by atomic mass is 10.7. The number of rotatable bonds is 2. The number of hydrogen-bond donors (Lipinski definition) is 3. The number of nitrogen functional groups attached to an aromatic ring is 1. The number of nitrogens with one attached hydrogen (secondary N) is 1. The van der Waals surface area contributed by atoms with E-state index in [9.17, 15) is 4.79 Å². The Balaban J connectivity index is 2.92. The molecule has 5 N–H and O–H groups in total. The Labute approximate surface area is 74.7 Å². The van der Waals surface area contributed by atoms with Gasteiger partial charge in [-0.1, -0.05) is 0 Å². The van der Waals surface area contributed by atoms with Crippen LogP contribution in [0.2, 0.25) is 0 Å². The molecule has 72 valence electrons. The van der Waals surface area contributed by atoms with Gasteiger partial charge in [0.25, 0.3) is 5.88 Å². The maximum Gasteiger partial charge on any atom is 0.328 e. The molecule has 0 radical (unpaired) electrons. The van der Waals surface area contributed by atoms with Gasteiger partial charge in [-0.05, 0) is 0 Å². The van der Waals surface area contributed by atoms with Crippen molar-refractivity contribution in [1.29, 1.82) is 0 Å². The summed E-state index contributed by atoms with van der Waals surface area (Å²) in [4.78, 5) is 14.8.